The van der Waals surface area contributed by atoms with Gasteiger partial charge < -0.3 is 10.1 Å². The second-order valence-corrected chi connectivity index (χ2v) is 4.84. The van der Waals surface area contributed by atoms with Crippen LogP contribution in [0.15, 0.2) is 53.6 Å². The third-order valence-electron chi connectivity index (χ3n) is 3.55. The number of ether oxygens (including phenoxy) is 1. The van der Waals surface area contributed by atoms with E-state index in [1.165, 1.54) is 0 Å². The van der Waals surface area contributed by atoms with E-state index in [-0.39, 0.29) is 13.1 Å². The van der Waals surface area contributed by atoms with E-state index >= 15 is 0 Å². The Balaban J connectivity index is 1.79. The molecule has 1 amide bonds. The largest absolute Gasteiger partial charge is 0.436 e. The summed E-state index contributed by atoms with van der Waals surface area (Å²) >= 11 is 0. The molecule has 0 spiro atoms. The number of hydrogen-bond acceptors (Lipinski definition) is 3. The maximum Gasteiger partial charge on any atom is 0.408 e. The van der Waals surface area contributed by atoms with Crippen LogP contribution in [0.3, 0.4) is 0 Å². The molecule has 0 heterocycles. The lowest BCUT2D eigenvalue weighted by molar-refractivity contribution is 0.119. The fourth-order valence-corrected chi connectivity index (χ4v) is 2.64. The number of nitrogens with zero attached hydrogens (tertiary/aromatic N) is 3. The van der Waals surface area contributed by atoms with Crippen LogP contribution < -0.4 is 5.32 Å². The van der Waals surface area contributed by atoms with Crippen molar-refractivity contribution in [3.63, 3.8) is 0 Å². The van der Waals surface area contributed by atoms with Crippen molar-refractivity contribution >= 4 is 6.09 Å². The second kappa shape index (κ2) is 6.20. The van der Waals surface area contributed by atoms with Gasteiger partial charge in [0.2, 0.25) is 0 Å². The van der Waals surface area contributed by atoms with E-state index in [9.17, 15) is 4.79 Å². The molecule has 0 aliphatic heterocycles. The summed E-state index contributed by atoms with van der Waals surface area (Å²) in [6.07, 6.45) is -0.934. The summed E-state index contributed by atoms with van der Waals surface area (Å²) in [5, 5.41) is 5.94. The Bertz CT molecular complexity index is 708. The van der Waals surface area contributed by atoms with Gasteiger partial charge in [-0.25, -0.2) is 4.79 Å². The van der Waals surface area contributed by atoms with E-state index in [0.29, 0.717) is 0 Å². The zero-order valence-corrected chi connectivity index (χ0v) is 11.8. The lowest BCUT2D eigenvalue weighted by Crippen LogP contribution is -2.28. The first-order chi connectivity index (χ1) is 10.8. The molecule has 1 aliphatic rings. The first kappa shape index (κ1) is 14.0. The number of hydrogen-bond donors (Lipinski definition) is 1. The third kappa shape index (κ3) is 2.60. The summed E-state index contributed by atoms with van der Waals surface area (Å²) in [6, 6.07) is 15.8. The minimum atomic E-state index is -0.523. The monoisotopic (exact) mass is 294 g/mol. The number of carbonyl (C=O) groups excluding carboxylic acids is 1. The summed E-state index contributed by atoms with van der Waals surface area (Å²) < 4.78 is 5.56. The average Bonchev–Trinajstić information content (AvgIpc) is 2.87. The van der Waals surface area contributed by atoms with Crippen LogP contribution in [-0.4, -0.2) is 19.2 Å². The molecule has 110 valence electrons. The smallest absolute Gasteiger partial charge is 0.408 e. The number of nitrogens with one attached hydrogen (secondary N) is 1. The van der Waals surface area contributed by atoms with Crippen LogP contribution in [0.1, 0.15) is 17.2 Å². The molecule has 0 radical (unpaired) electrons. The number of alkyl carbamates (subject to hydrolysis) is 1. The molecule has 3 rings (SSSR count). The summed E-state index contributed by atoms with van der Waals surface area (Å²) in [4.78, 5) is 14.5. The number of benzene rings is 2. The highest BCUT2D eigenvalue weighted by atomic mass is 16.6. The number of carbonyl (C=O) groups is 1. The minimum absolute atomic E-state index is 0.198. The van der Waals surface area contributed by atoms with Crippen molar-refractivity contribution in [3.8, 4) is 11.1 Å². The molecule has 1 aliphatic carbocycles. The molecular formula is C16H14N4O2. The van der Waals surface area contributed by atoms with Crippen molar-refractivity contribution in [2.75, 3.05) is 13.1 Å². The molecule has 0 saturated carbocycles. The van der Waals surface area contributed by atoms with Crippen molar-refractivity contribution in [2.24, 2.45) is 5.11 Å². The van der Waals surface area contributed by atoms with Gasteiger partial charge in [-0.05, 0) is 16.7 Å². The second-order valence-electron chi connectivity index (χ2n) is 4.84. The van der Waals surface area contributed by atoms with Gasteiger partial charge in [0.05, 0.1) is 0 Å². The van der Waals surface area contributed by atoms with E-state index in [1.54, 1.807) is 0 Å². The van der Waals surface area contributed by atoms with Crippen LogP contribution in [0.4, 0.5) is 4.79 Å². The van der Waals surface area contributed by atoms with Crippen molar-refractivity contribution in [3.05, 3.63) is 70.1 Å². The number of rotatable bonds is 4. The highest BCUT2D eigenvalue weighted by molar-refractivity contribution is 5.79. The molecule has 0 bridgehead atoms. The normalized spacial score (nSPS) is 12.0. The van der Waals surface area contributed by atoms with Gasteiger partial charge in [0.15, 0.2) is 6.10 Å². The minimum Gasteiger partial charge on any atom is -0.436 e. The van der Waals surface area contributed by atoms with Crippen molar-refractivity contribution in [1.29, 1.82) is 0 Å². The molecule has 6 nitrogen and oxygen atoms in total. The fraction of sp³-hybridized carbons (Fsp3) is 0.188. The van der Waals surface area contributed by atoms with E-state index in [1.807, 2.05) is 48.5 Å². The SMILES string of the molecule is [N-]=[N+]=NCCNC(=O)OC1c2ccccc2-c2ccccc21. The third-order valence-corrected chi connectivity index (χ3v) is 3.55. The first-order valence-corrected chi connectivity index (χ1v) is 6.95. The number of amides is 1. The van der Waals surface area contributed by atoms with E-state index in [0.717, 1.165) is 22.3 Å². The Morgan fingerprint density at radius 2 is 1.73 bits per heavy atom. The molecule has 1 N–H and O–H groups in total. The number of azide groups is 1. The molecule has 0 aromatic heterocycles. The van der Waals surface area contributed by atoms with Gasteiger partial charge in [-0.1, -0.05) is 53.6 Å². The Kier molecular flexibility index (Phi) is 3.94. The van der Waals surface area contributed by atoms with Gasteiger partial charge in [-0.3, -0.25) is 0 Å². The van der Waals surface area contributed by atoms with E-state index < -0.39 is 12.2 Å². The van der Waals surface area contributed by atoms with Gasteiger partial charge in [-0.2, -0.15) is 0 Å². The van der Waals surface area contributed by atoms with Crippen molar-refractivity contribution < 1.29 is 9.53 Å². The summed E-state index contributed by atoms with van der Waals surface area (Å²) in [7, 11) is 0. The zero-order chi connectivity index (χ0) is 15.4. The molecule has 2 aromatic rings. The lowest BCUT2D eigenvalue weighted by atomic mass is 10.1. The van der Waals surface area contributed by atoms with E-state index in [4.69, 9.17) is 10.3 Å². The summed E-state index contributed by atoms with van der Waals surface area (Å²) in [5.41, 5.74) is 12.3. The van der Waals surface area contributed by atoms with Crippen LogP contribution >= 0.6 is 0 Å². The molecule has 0 atom stereocenters. The van der Waals surface area contributed by atoms with Crippen LogP contribution in [0.5, 0.6) is 0 Å². The van der Waals surface area contributed by atoms with E-state index in [2.05, 4.69) is 15.3 Å². The predicted molar refractivity (Wildman–Crippen MR) is 82.2 cm³/mol. The van der Waals surface area contributed by atoms with Gasteiger partial charge in [0.25, 0.3) is 0 Å². The molecule has 0 unspecified atom stereocenters. The van der Waals surface area contributed by atoms with Crippen LogP contribution in [0.25, 0.3) is 21.6 Å². The zero-order valence-electron chi connectivity index (χ0n) is 11.8. The maximum absolute atomic E-state index is 11.9. The fourth-order valence-electron chi connectivity index (χ4n) is 2.64. The summed E-state index contributed by atoms with van der Waals surface area (Å²) in [6.45, 7) is 0.447. The van der Waals surface area contributed by atoms with Gasteiger partial charge in [0.1, 0.15) is 0 Å². The van der Waals surface area contributed by atoms with Crippen molar-refractivity contribution in [2.45, 2.75) is 6.10 Å². The highest BCUT2D eigenvalue weighted by Gasteiger charge is 2.30. The maximum atomic E-state index is 11.9. The number of fused-ring (bicyclic) bond motifs is 3. The predicted octanol–water partition coefficient (Wildman–Crippen LogP) is 3.79. The lowest BCUT2D eigenvalue weighted by Gasteiger charge is -2.15. The molecule has 22 heavy (non-hydrogen) atoms. The molecular weight excluding hydrogens is 280 g/mol. The Morgan fingerprint density at radius 1 is 1.14 bits per heavy atom. The molecule has 0 fully saturated rings. The highest BCUT2D eigenvalue weighted by Crippen LogP contribution is 2.44. The standard InChI is InChI=1S/C16H14N4O2/c17-20-19-10-9-18-16(21)22-15-13-7-3-1-5-11(13)12-6-2-4-8-14(12)15/h1-8,15H,9-10H2,(H,18,21). The topological polar surface area (TPSA) is 87.1 Å². The summed E-state index contributed by atoms with van der Waals surface area (Å²) in [5.74, 6) is 0. The first-order valence-electron chi connectivity index (χ1n) is 6.95. The quantitative estimate of drug-likeness (QED) is 0.402. The Morgan fingerprint density at radius 3 is 2.32 bits per heavy atom. The molecule has 0 saturated heterocycles. The van der Waals surface area contributed by atoms with Crippen LogP contribution in [-0.2, 0) is 4.74 Å². The van der Waals surface area contributed by atoms with Crippen molar-refractivity contribution in [1.82, 2.24) is 5.32 Å². The van der Waals surface area contributed by atoms with Gasteiger partial charge in [0, 0.05) is 29.1 Å². The Hall–Kier alpha value is -2.98. The van der Waals surface area contributed by atoms with Gasteiger partial charge in [-0.15, -0.1) is 0 Å². The van der Waals surface area contributed by atoms with Crippen LogP contribution in [0.2, 0.25) is 0 Å². The van der Waals surface area contributed by atoms with Crippen LogP contribution in [0, 0.1) is 0 Å². The van der Waals surface area contributed by atoms with Gasteiger partial charge >= 0.3 is 6.09 Å². The molecule has 6 heteroatoms. The Labute approximate surface area is 127 Å². The molecule has 2 aromatic carbocycles. The average molecular weight is 294 g/mol.